The highest BCUT2D eigenvalue weighted by Crippen LogP contribution is 2.39. The molecule has 164 valence electrons. The summed E-state index contributed by atoms with van der Waals surface area (Å²) in [6.07, 6.45) is 3.98. The molecule has 2 aromatic carbocycles. The number of aromatic carboxylic acids is 1. The van der Waals surface area contributed by atoms with Crippen molar-refractivity contribution in [3.63, 3.8) is 0 Å². The van der Waals surface area contributed by atoms with Crippen molar-refractivity contribution in [2.45, 2.75) is 38.6 Å². The maximum absolute atomic E-state index is 11.6. The molecule has 3 heterocycles. The maximum atomic E-state index is 11.6. The van der Waals surface area contributed by atoms with Crippen LogP contribution in [0.5, 0.6) is 0 Å². The van der Waals surface area contributed by atoms with Crippen molar-refractivity contribution in [3.05, 3.63) is 70.9 Å². The lowest BCUT2D eigenvalue weighted by molar-refractivity contribution is 0.0698. The monoisotopic (exact) mass is 430 g/mol. The summed E-state index contributed by atoms with van der Waals surface area (Å²) in [7, 11) is 0. The third kappa shape index (κ3) is 3.60. The fourth-order valence-electron chi connectivity index (χ4n) is 4.69. The number of nitrogens with zero attached hydrogens (tertiary/aromatic N) is 1. The van der Waals surface area contributed by atoms with Crippen LogP contribution < -0.4 is 5.32 Å². The van der Waals surface area contributed by atoms with E-state index in [1.165, 1.54) is 0 Å². The summed E-state index contributed by atoms with van der Waals surface area (Å²) in [6.45, 7) is 5.59. The van der Waals surface area contributed by atoms with Crippen LogP contribution in [0, 0.1) is 6.92 Å². The Balaban J connectivity index is 1.61. The molecule has 1 aliphatic rings. The van der Waals surface area contributed by atoms with Crippen LogP contribution in [0.25, 0.3) is 22.1 Å². The number of para-hydroxylation sites is 1. The van der Waals surface area contributed by atoms with Gasteiger partial charge in [0.2, 0.25) is 0 Å². The Morgan fingerprint density at radius 2 is 2.06 bits per heavy atom. The fourth-order valence-corrected chi connectivity index (χ4v) is 4.69. The number of aryl methyl sites for hydroxylation is 1. The van der Waals surface area contributed by atoms with Gasteiger partial charge in [-0.2, -0.15) is 0 Å². The second-order valence-corrected chi connectivity index (χ2v) is 8.54. The zero-order valence-corrected chi connectivity index (χ0v) is 18.2. The highest BCUT2D eigenvalue weighted by Gasteiger charge is 2.24. The van der Waals surface area contributed by atoms with Crippen LogP contribution in [0.2, 0.25) is 0 Å². The van der Waals surface area contributed by atoms with Gasteiger partial charge in [0, 0.05) is 40.9 Å². The van der Waals surface area contributed by atoms with Crippen LogP contribution in [-0.4, -0.2) is 29.3 Å². The summed E-state index contributed by atoms with van der Waals surface area (Å²) in [5, 5.41) is 13.9. The Morgan fingerprint density at radius 3 is 2.84 bits per heavy atom. The summed E-state index contributed by atoms with van der Waals surface area (Å²) in [6, 6.07) is 13.0. The molecule has 5 rings (SSSR count). The number of pyridine rings is 1. The molecule has 0 bridgehead atoms. The molecule has 0 saturated carbocycles. The predicted octanol–water partition coefficient (Wildman–Crippen LogP) is 6.05. The topological polar surface area (TPSA) is 84.6 Å². The number of furan rings is 1. The van der Waals surface area contributed by atoms with Gasteiger partial charge < -0.3 is 19.6 Å². The molecule has 1 fully saturated rings. The largest absolute Gasteiger partial charge is 0.478 e. The van der Waals surface area contributed by atoms with Crippen LogP contribution in [0.3, 0.4) is 0 Å². The van der Waals surface area contributed by atoms with E-state index in [0.29, 0.717) is 18.2 Å². The standard InChI is InChI=1S/C26H26N2O4/c1-15-12-20(16(2)28-22-8-4-3-7-19(22)26(29)30)24-21(13-15)23-25(32-24)18(9-10-27-23)17-6-5-11-31-14-17/h3-4,7-10,12-13,16-17,28H,5-6,11,14H2,1-2H3,(H,29,30)/t16-,17+/m1/s1. The molecule has 4 aromatic rings. The third-order valence-corrected chi connectivity index (χ3v) is 6.25. The Bertz CT molecular complexity index is 1300. The number of hydrogen-bond donors (Lipinski definition) is 2. The van der Waals surface area contributed by atoms with Crippen molar-refractivity contribution in [2.24, 2.45) is 0 Å². The van der Waals surface area contributed by atoms with Gasteiger partial charge in [-0.3, -0.25) is 4.98 Å². The Morgan fingerprint density at radius 1 is 1.22 bits per heavy atom. The lowest BCUT2D eigenvalue weighted by Gasteiger charge is -2.22. The quantitative estimate of drug-likeness (QED) is 0.401. The molecule has 32 heavy (non-hydrogen) atoms. The zero-order valence-electron chi connectivity index (χ0n) is 18.2. The van der Waals surface area contributed by atoms with Crippen LogP contribution >= 0.6 is 0 Å². The molecule has 0 aliphatic carbocycles. The molecule has 1 saturated heterocycles. The van der Waals surface area contributed by atoms with Crippen molar-refractivity contribution >= 4 is 33.7 Å². The molecule has 2 atom stereocenters. The summed E-state index contributed by atoms with van der Waals surface area (Å²) < 4.78 is 12.2. The number of carbonyl (C=O) groups is 1. The van der Waals surface area contributed by atoms with Crippen LogP contribution in [0.1, 0.15) is 58.8 Å². The van der Waals surface area contributed by atoms with Gasteiger partial charge in [0.15, 0.2) is 5.58 Å². The number of carboxylic acids is 1. The van der Waals surface area contributed by atoms with Gasteiger partial charge in [-0.15, -0.1) is 0 Å². The van der Waals surface area contributed by atoms with E-state index in [2.05, 4.69) is 29.4 Å². The summed E-state index contributed by atoms with van der Waals surface area (Å²) in [5.74, 6) is -0.653. The van der Waals surface area contributed by atoms with Gasteiger partial charge in [0.25, 0.3) is 0 Å². The molecule has 0 amide bonds. The van der Waals surface area contributed by atoms with Crippen LogP contribution in [0.4, 0.5) is 5.69 Å². The minimum atomic E-state index is -0.957. The zero-order chi connectivity index (χ0) is 22.2. The van der Waals surface area contributed by atoms with Crippen molar-refractivity contribution in [1.29, 1.82) is 0 Å². The van der Waals surface area contributed by atoms with Crippen molar-refractivity contribution in [3.8, 4) is 0 Å². The number of nitrogens with one attached hydrogen (secondary N) is 1. The average molecular weight is 431 g/mol. The minimum Gasteiger partial charge on any atom is -0.478 e. The second kappa shape index (κ2) is 8.28. The van der Waals surface area contributed by atoms with Gasteiger partial charge in [-0.05, 0) is 56.5 Å². The Labute approximate surface area is 186 Å². The molecule has 0 radical (unpaired) electrons. The van der Waals surface area contributed by atoms with Crippen molar-refractivity contribution in [1.82, 2.24) is 4.98 Å². The van der Waals surface area contributed by atoms with Gasteiger partial charge in [-0.1, -0.05) is 18.2 Å². The Hall–Kier alpha value is -3.38. The summed E-state index contributed by atoms with van der Waals surface area (Å²) in [5.41, 5.74) is 6.52. The van der Waals surface area contributed by atoms with Gasteiger partial charge in [-0.25, -0.2) is 4.79 Å². The summed E-state index contributed by atoms with van der Waals surface area (Å²) in [4.78, 5) is 16.3. The molecule has 6 heteroatoms. The van der Waals surface area contributed by atoms with Crippen molar-refractivity contribution < 1.29 is 19.1 Å². The van der Waals surface area contributed by atoms with E-state index >= 15 is 0 Å². The van der Waals surface area contributed by atoms with E-state index in [0.717, 1.165) is 58.2 Å². The fraction of sp³-hybridized carbons (Fsp3) is 0.308. The predicted molar refractivity (Wildman–Crippen MR) is 124 cm³/mol. The molecule has 0 unspecified atom stereocenters. The van der Waals surface area contributed by atoms with Gasteiger partial charge >= 0.3 is 5.97 Å². The smallest absolute Gasteiger partial charge is 0.337 e. The Kier molecular flexibility index (Phi) is 5.31. The maximum Gasteiger partial charge on any atom is 0.337 e. The minimum absolute atomic E-state index is 0.167. The normalized spacial score (nSPS) is 17.5. The molecule has 0 spiro atoms. The van der Waals surface area contributed by atoms with E-state index in [4.69, 9.17) is 9.15 Å². The van der Waals surface area contributed by atoms with Crippen LogP contribution in [-0.2, 0) is 4.74 Å². The van der Waals surface area contributed by atoms with Gasteiger partial charge in [0.05, 0.1) is 18.2 Å². The van der Waals surface area contributed by atoms with Gasteiger partial charge in [0.1, 0.15) is 11.1 Å². The SMILES string of the molecule is Cc1cc([C@@H](C)Nc2ccccc2C(=O)O)c2oc3c([C@H]4CCCOC4)ccnc3c2c1. The molecule has 2 aromatic heterocycles. The van der Waals surface area contributed by atoms with E-state index in [1.807, 2.05) is 25.3 Å². The number of benzene rings is 2. The number of carboxylic acid groups (broad SMARTS) is 1. The molecular formula is C26H26N2O4. The highest BCUT2D eigenvalue weighted by atomic mass is 16.5. The number of fused-ring (bicyclic) bond motifs is 3. The number of anilines is 1. The molecule has 6 nitrogen and oxygen atoms in total. The van der Waals surface area contributed by atoms with E-state index in [1.54, 1.807) is 18.2 Å². The van der Waals surface area contributed by atoms with E-state index in [-0.39, 0.29) is 11.6 Å². The first-order chi connectivity index (χ1) is 15.5. The first-order valence-electron chi connectivity index (χ1n) is 11.0. The number of aromatic nitrogens is 1. The second-order valence-electron chi connectivity index (χ2n) is 8.54. The third-order valence-electron chi connectivity index (χ3n) is 6.25. The number of rotatable bonds is 5. The van der Waals surface area contributed by atoms with Crippen LogP contribution in [0.15, 0.2) is 53.1 Å². The highest BCUT2D eigenvalue weighted by molar-refractivity contribution is 6.05. The first kappa shape index (κ1) is 20.5. The average Bonchev–Trinajstić information content (AvgIpc) is 3.18. The lowest BCUT2D eigenvalue weighted by atomic mass is 9.93. The van der Waals surface area contributed by atoms with Crippen molar-refractivity contribution in [2.75, 3.05) is 18.5 Å². The molecule has 1 aliphatic heterocycles. The summed E-state index contributed by atoms with van der Waals surface area (Å²) >= 11 is 0. The molecule has 2 N–H and O–H groups in total. The van der Waals surface area contributed by atoms with E-state index in [9.17, 15) is 9.90 Å². The number of hydrogen-bond acceptors (Lipinski definition) is 5. The molecular weight excluding hydrogens is 404 g/mol. The van der Waals surface area contributed by atoms with E-state index < -0.39 is 5.97 Å². The first-order valence-corrected chi connectivity index (χ1v) is 11.0. The number of ether oxygens (including phenoxy) is 1. The lowest BCUT2D eigenvalue weighted by Crippen LogP contribution is -2.15.